The van der Waals surface area contributed by atoms with Gasteiger partial charge in [-0.15, -0.1) is 0 Å². The molecule has 0 fully saturated rings. The molecule has 0 amide bonds. The summed E-state index contributed by atoms with van der Waals surface area (Å²) < 4.78 is 39.1. The highest BCUT2D eigenvalue weighted by Crippen LogP contribution is 2.13. The molecule has 2 rings (SSSR count). The maximum atomic E-state index is 12.9. The van der Waals surface area contributed by atoms with Crippen LogP contribution in [0.1, 0.15) is 11.1 Å². The molecular formula is C13H13FN2O2S. The number of nitrogens with zero attached hydrogens (tertiary/aromatic N) is 1. The van der Waals surface area contributed by atoms with Crippen LogP contribution < -0.4 is 4.72 Å². The molecule has 2 aromatic rings. The second-order valence-corrected chi connectivity index (χ2v) is 5.96. The standard InChI is InChI=1S/C13H13FN2O2S/c1-10-3-2-4-11(5-10)9-19(17,18)16-13-6-12(14)7-15-8-13/h2-8,16H,9H2,1H3. The lowest BCUT2D eigenvalue weighted by atomic mass is 10.2. The number of aryl methyl sites for hydroxylation is 1. The van der Waals surface area contributed by atoms with Crippen molar-refractivity contribution in [3.05, 3.63) is 59.7 Å². The predicted octanol–water partition coefficient (Wildman–Crippen LogP) is 2.47. The fourth-order valence-electron chi connectivity index (χ4n) is 1.70. The largest absolute Gasteiger partial charge is 0.282 e. The van der Waals surface area contributed by atoms with E-state index >= 15 is 0 Å². The topological polar surface area (TPSA) is 59.1 Å². The maximum absolute atomic E-state index is 12.9. The van der Waals surface area contributed by atoms with Crippen LogP contribution in [0.3, 0.4) is 0 Å². The Bertz CT molecular complexity index is 633. The average Bonchev–Trinajstić information content (AvgIpc) is 2.27. The summed E-state index contributed by atoms with van der Waals surface area (Å²) in [7, 11) is -3.58. The Hall–Kier alpha value is -1.95. The fourth-order valence-corrected chi connectivity index (χ4v) is 2.87. The molecule has 0 atom stereocenters. The van der Waals surface area contributed by atoms with Crippen molar-refractivity contribution in [2.45, 2.75) is 12.7 Å². The lowest BCUT2D eigenvalue weighted by molar-refractivity contribution is 0.600. The maximum Gasteiger partial charge on any atom is 0.236 e. The van der Waals surface area contributed by atoms with Crippen molar-refractivity contribution in [2.24, 2.45) is 0 Å². The van der Waals surface area contributed by atoms with E-state index in [1.54, 1.807) is 18.2 Å². The molecule has 1 heterocycles. The van der Waals surface area contributed by atoms with Gasteiger partial charge in [-0.2, -0.15) is 0 Å². The van der Waals surface area contributed by atoms with E-state index < -0.39 is 15.8 Å². The first-order valence-electron chi connectivity index (χ1n) is 5.61. The summed E-state index contributed by atoms with van der Waals surface area (Å²) in [5.41, 5.74) is 1.78. The van der Waals surface area contributed by atoms with E-state index in [1.807, 2.05) is 13.0 Å². The van der Waals surface area contributed by atoms with E-state index in [0.717, 1.165) is 17.8 Å². The Morgan fingerprint density at radius 2 is 2.05 bits per heavy atom. The van der Waals surface area contributed by atoms with Gasteiger partial charge in [0, 0.05) is 6.07 Å². The molecule has 0 saturated carbocycles. The molecule has 19 heavy (non-hydrogen) atoms. The summed E-state index contributed by atoms with van der Waals surface area (Å²) in [6.45, 7) is 1.89. The second kappa shape index (κ2) is 5.36. The number of anilines is 1. The van der Waals surface area contributed by atoms with E-state index in [4.69, 9.17) is 0 Å². The van der Waals surface area contributed by atoms with Crippen molar-refractivity contribution >= 4 is 15.7 Å². The molecule has 100 valence electrons. The third kappa shape index (κ3) is 4.03. The SMILES string of the molecule is Cc1cccc(CS(=O)(=O)Nc2cncc(F)c2)c1. The number of pyridine rings is 1. The Morgan fingerprint density at radius 3 is 2.74 bits per heavy atom. The van der Waals surface area contributed by atoms with Gasteiger partial charge < -0.3 is 0 Å². The van der Waals surface area contributed by atoms with Gasteiger partial charge >= 0.3 is 0 Å². The van der Waals surface area contributed by atoms with Crippen molar-refractivity contribution in [1.82, 2.24) is 4.98 Å². The molecule has 0 aliphatic heterocycles. The van der Waals surface area contributed by atoms with Gasteiger partial charge in [0.25, 0.3) is 0 Å². The average molecular weight is 280 g/mol. The van der Waals surface area contributed by atoms with Crippen LogP contribution in [0.2, 0.25) is 0 Å². The van der Waals surface area contributed by atoms with E-state index in [0.29, 0.717) is 5.56 Å². The Balaban J connectivity index is 2.15. The molecule has 1 aromatic carbocycles. The van der Waals surface area contributed by atoms with Crippen molar-refractivity contribution in [2.75, 3.05) is 4.72 Å². The number of benzene rings is 1. The molecule has 1 aromatic heterocycles. The lowest BCUT2D eigenvalue weighted by Gasteiger charge is -2.08. The molecule has 0 spiro atoms. The van der Waals surface area contributed by atoms with Crippen LogP contribution in [0.15, 0.2) is 42.7 Å². The zero-order valence-corrected chi connectivity index (χ0v) is 11.1. The van der Waals surface area contributed by atoms with Gasteiger partial charge in [0.1, 0.15) is 5.82 Å². The Labute approximate surface area is 111 Å². The summed E-state index contributed by atoms with van der Waals surface area (Å²) >= 11 is 0. The van der Waals surface area contributed by atoms with E-state index in [1.165, 1.54) is 6.20 Å². The van der Waals surface area contributed by atoms with Gasteiger partial charge in [-0.05, 0) is 12.5 Å². The lowest BCUT2D eigenvalue weighted by Crippen LogP contribution is -2.15. The first-order valence-corrected chi connectivity index (χ1v) is 7.26. The minimum Gasteiger partial charge on any atom is -0.282 e. The van der Waals surface area contributed by atoms with Crippen LogP contribution in [-0.2, 0) is 15.8 Å². The monoisotopic (exact) mass is 280 g/mol. The third-order valence-electron chi connectivity index (χ3n) is 2.42. The van der Waals surface area contributed by atoms with Gasteiger partial charge in [0.15, 0.2) is 0 Å². The summed E-state index contributed by atoms with van der Waals surface area (Å²) in [4.78, 5) is 3.59. The number of halogens is 1. The van der Waals surface area contributed by atoms with Gasteiger partial charge in [0.05, 0.1) is 23.8 Å². The highest BCUT2D eigenvalue weighted by molar-refractivity contribution is 7.91. The minimum absolute atomic E-state index is 0.118. The number of aromatic nitrogens is 1. The van der Waals surface area contributed by atoms with E-state index in [-0.39, 0.29) is 11.4 Å². The zero-order chi connectivity index (χ0) is 13.9. The summed E-state index contributed by atoms with van der Waals surface area (Å²) in [6, 6.07) is 8.30. The molecule has 6 heteroatoms. The molecule has 0 radical (unpaired) electrons. The van der Waals surface area contributed by atoms with Crippen molar-refractivity contribution in [3.63, 3.8) is 0 Å². The normalized spacial score (nSPS) is 11.3. The van der Waals surface area contributed by atoms with Crippen molar-refractivity contribution in [1.29, 1.82) is 0 Å². The zero-order valence-electron chi connectivity index (χ0n) is 10.3. The van der Waals surface area contributed by atoms with Crippen LogP contribution in [0.5, 0.6) is 0 Å². The molecule has 1 N–H and O–H groups in total. The first kappa shape index (κ1) is 13.5. The Kier molecular flexibility index (Phi) is 3.80. The van der Waals surface area contributed by atoms with Gasteiger partial charge in [-0.1, -0.05) is 29.8 Å². The molecule has 0 aliphatic carbocycles. The predicted molar refractivity (Wildman–Crippen MR) is 71.6 cm³/mol. The Morgan fingerprint density at radius 1 is 1.26 bits per heavy atom. The first-order chi connectivity index (χ1) is 8.94. The number of rotatable bonds is 4. The number of sulfonamides is 1. The molecular weight excluding hydrogens is 267 g/mol. The number of hydrogen-bond donors (Lipinski definition) is 1. The number of hydrogen-bond acceptors (Lipinski definition) is 3. The molecule has 0 saturated heterocycles. The van der Waals surface area contributed by atoms with E-state index in [9.17, 15) is 12.8 Å². The summed E-state index contributed by atoms with van der Waals surface area (Å²) in [6.07, 6.45) is 2.27. The summed E-state index contributed by atoms with van der Waals surface area (Å²) in [5, 5.41) is 0. The second-order valence-electron chi connectivity index (χ2n) is 4.24. The van der Waals surface area contributed by atoms with Crippen LogP contribution in [-0.4, -0.2) is 13.4 Å². The van der Waals surface area contributed by atoms with E-state index in [2.05, 4.69) is 9.71 Å². The third-order valence-corrected chi connectivity index (χ3v) is 3.68. The van der Waals surface area contributed by atoms with Crippen LogP contribution >= 0.6 is 0 Å². The smallest absolute Gasteiger partial charge is 0.236 e. The number of nitrogens with one attached hydrogen (secondary N) is 1. The highest BCUT2D eigenvalue weighted by Gasteiger charge is 2.12. The highest BCUT2D eigenvalue weighted by atomic mass is 32.2. The van der Waals surface area contributed by atoms with Gasteiger partial charge in [-0.3, -0.25) is 9.71 Å². The minimum atomic E-state index is -3.58. The molecule has 0 aliphatic rings. The van der Waals surface area contributed by atoms with Crippen molar-refractivity contribution < 1.29 is 12.8 Å². The van der Waals surface area contributed by atoms with Crippen LogP contribution in [0, 0.1) is 12.7 Å². The van der Waals surface area contributed by atoms with Gasteiger partial charge in [0.2, 0.25) is 10.0 Å². The molecule has 0 unspecified atom stereocenters. The van der Waals surface area contributed by atoms with Crippen molar-refractivity contribution in [3.8, 4) is 0 Å². The molecule has 4 nitrogen and oxygen atoms in total. The van der Waals surface area contributed by atoms with Crippen LogP contribution in [0.25, 0.3) is 0 Å². The summed E-state index contributed by atoms with van der Waals surface area (Å²) in [5.74, 6) is -0.749. The quantitative estimate of drug-likeness (QED) is 0.936. The van der Waals surface area contributed by atoms with Gasteiger partial charge in [-0.25, -0.2) is 12.8 Å². The molecule has 0 bridgehead atoms. The van der Waals surface area contributed by atoms with Crippen LogP contribution in [0.4, 0.5) is 10.1 Å². The fraction of sp³-hybridized carbons (Fsp3) is 0.154.